The molecule has 1 saturated heterocycles. The van der Waals surface area contributed by atoms with Crippen LogP contribution in [0.3, 0.4) is 0 Å². The van der Waals surface area contributed by atoms with Crippen molar-refractivity contribution in [1.82, 2.24) is 9.62 Å². The Labute approximate surface area is 158 Å². The highest BCUT2D eigenvalue weighted by atomic mass is 32.2. The summed E-state index contributed by atoms with van der Waals surface area (Å²) >= 11 is 0. The summed E-state index contributed by atoms with van der Waals surface area (Å²) in [6.07, 6.45) is 3.92. The molecule has 1 aliphatic carbocycles. The summed E-state index contributed by atoms with van der Waals surface area (Å²) in [7, 11) is -2.41. The van der Waals surface area contributed by atoms with E-state index in [2.05, 4.69) is 5.32 Å². The lowest BCUT2D eigenvalue weighted by atomic mass is 10.1. The number of hydrogen-bond donors (Lipinski definition) is 2. The summed E-state index contributed by atoms with van der Waals surface area (Å²) in [5.74, 6) is -1.21. The molecule has 1 unspecified atom stereocenters. The number of aliphatic carboxylic acids is 1. The number of ether oxygens (including phenoxy) is 1. The fourth-order valence-corrected chi connectivity index (χ4v) is 4.94. The molecule has 2 fully saturated rings. The van der Waals surface area contributed by atoms with Crippen LogP contribution in [0, 0.1) is 5.92 Å². The van der Waals surface area contributed by atoms with Crippen molar-refractivity contribution in [1.29, 1.82) is 0 Å². The first kappa shape index (κ1) is 19.6. The fraction of sp³-hybridized carbons (Fsp3) is 0.556. The summed E-state index contributed by atoms with van der Waals surface area (Å²) in [6.45, 7) is 0.870. The molecule has 1 amide bonds. The van der Waals surface area contributed by atoms with Crippen molar-refractivity contribution >= 4 is 21.9 Å². The van der Waals surface area contributed by atoms with Gasteiger partial charge in [0.1, 0.15) is 16.7 Å². The molecule has 2 aliphatic rings. The minimum Gasteiger partial charge on any atom is -0.495 e. The Morgan fingerprint density at radius 2 is 1.96 bits per heavy atom. The smallest absolute Gasteiger partial charge is 0.326 e. The highest BCUT2D eigenvalue weighted by molar-refractivity contribution is 7.89. The summed E-state index contributed by atoms with van der Waals surface area (Å²) in [5.41, 5.74) is 0.0932. The van der Waals surface area contributed by atoms with Crippen molar-refractivity contribution in [3.8, 4) is 5.75 Å². The number of benzene rings is 1. The van der Waals surface area contributed by atoms with Gasteiger partial charge in [-0.3, -0.25) is 4.79 Å². The molecule has 1 aromatic carbocycles. The van der Waals surface area contributed by atoms with Gasteiger partial charge in [0.15, 0.2) is 0 Å². The summed E-state index contributed by atoms with van der Waals surface area (Å²) in [4.78, 5) is 23.9. The van der Waals surface area contributed by atoms with Crippen molar-refractivity contribution in [3.63, 3.8) is 0 Å². The first-order valence-electron chi connectivity index (χ1n) is 9.05. The van der Waals surface area contributed by atoms with Crippen LogP contribution in [0.15, 0.2) is 23.1 Å². The number of carboxylic acids is 1. The first-order chi connectivity index (χ1) is 12.8. The van der Waals surface area contributed by atoms with Gasteiger partial charge in [0, 0.05) is 18.7 Å². The molecule has 0 aromatic heterocycles. The zero-order chi connectivity index (χ0) is 19.6. The van der Waals surface area contributed by atoms with Crippen molar-refractivity contribution in [3.05, 3.63) is 23.8 Å². The average Bonchev–Trinajstić information content (AvgIpc) is 3.28. The van der Waals surface area contributed by atoms with Crippen LogP contribution in [0.4, 0.5) is 0 Å². The maximum atomic E-state index is 12.9. The SMILES string of the molecule is COc1ccc(C(=O)NC(CC2CC2)C(=O)O)cc1S(=O)(=O)N1CCCC1. The molecular formula is C18H24N2O6S. The first-order valence-corrected chi connectivity index (χ1v) is 10.5. The van der Waals surface area contributed by atoms with Gasteiger partial charge in [-0.25, -0.2) is 13.2 Å². The number of carbonyl (C=O) groups is 2. The molecule has 1 heterocycles. The van der Waals surface area contributed by atoms with E-state index in [4.69, 9.17) is 4.74 Å². The average molecular weight is 396 g/mol. The number of sulfonamides is 1. The number of nitrogens with zero attached hydrogens (tertiary/aromatic N) is 1. The van der Waals surface area contributed by atoms with Crippen LogP contribution < -0.4 is 10.1 Å². The Kier molecular flexibility index (Phi) is 5.71. The van der Waals surface area contributed by atoms with Gasteiger partial charge in [-0.05, 0) is 43.4 Å². The van der Waals surface area contributed by atoms with E-state index in [9.17, 15) is 23.1 Å². The number of carbonyl (C=O) groups excluding carboxylic acids is 1. The Bertz CT molecular complexity index is 828. The Balaban J connectivity index is 1.85. The van der Waals surface area contributed by atoms with E-state index in [1.54, 1.807) is 0 Å². The van der Waals surface area contributed by atoms with E-state index in [1.807, 2.05) is 0 Å². The lowest BCUT2D eigenvalue weighted by Gasteiger charge is -2.19. The number of rotatable bonds is 8. The van der Waals surface area contributed by atoms with Gasteiger partial charge in [-0.2, -0.15) is 4.31 Å². The molecule has 27 heavy (non-hydrogen) atoms. The van der Waals surface area contributed by atoms with Crippen LogP contribution in [-0.4, -0.2) is 55.9 Å². The second-order valence-corrected chi connectivity index (χ2v) is 8.93. The van der Waals surface area contributed by atoms with E-state index < -0.39 is 27.9 Å². The molecule has 8 nitrogen and oxygen atoms in total. The van der Waals surface area contributed by atoms with Crippen LogP contribution in [-0.2, 0) is 14.8 Å². The van der Waals surface area contributed by atoms with Crippen molar-refractivity contribution in [2.45, 2.75) is 43.0 Å². The maximum absolute atomic E-state index is 12.9. The molecule has 1 atom stereocenters. The summed E-state index contributed by atoms with van der Waals surface area (Å²) in [5, 5.41) is 11.8. The van der Waals surface area contributed by atoms with Crippen LogP contribution in [0.2, 0.25) is 0 Å². The zero-order valence-electron chi connectivity index (χ0n) is 15.2. The normalized spacial score (nSPS) is 18.9. The van der Waals surface area contributed by atoms with E-state index in [0.29, 0.717) is 25.4 Å². The summed E-state index contributed by atoms with van der Waals surface area (Å²) < 4.78 is 32.3. The van der Waals surface area contributed by atoms with Gasteiger partial charge >= 0.3 is 5.97 Å². The Morgan fingerprint density at radius 1 is 1.30 bits per heavy atom. The monoisotopic (exact) mass is 396 g/mol. The molecule has 1 saturated carbocycles. The van der Waals surface area contributed by atoms with Crippen LogP contribution in [0.25, 0.3) is 0 Å². The summed E-state index contributed by atoms with van der Waals surface area (Å²) in [6, 6.07) is 3.14. The zero-order valence-corrected chi connectivity index (χ0v) is 16.0. The predicted octanol–water partition coefficient (Wildman–Crippen LogP) is 1.46. The fourth-order valence-electron chi connectivity index (χ4n) is 3.24. The third-order valence-corrected chi connectivity index (χ3v) is 6.90. The van der Waals surface area contributed by atoms with Gasteiger partial charge in [-0.1, -0.05) is 12.8 Å². The number of hydrogen-bond acceptors (Lipinski definition) is 5. The minimum absolute atomic E-state index is 0.0754. The highest BCUT2D eigenvalue weighted by Crippen LogP contribution is 2.34. The molecule has 148 valence electrons. The lowest BCUT2D eigenvalue weighted by molar-refractivity contribution is -0.139. The topological polar surface area (TPSA) is 113 Å². The number of carboxylic acid groups (broad SMARTS) is 1. The van der Waals surface area contributed by atoms with Crippen LogP contribution >= 0.6 is 0 Å². The van der Waals surface area contributed by atoms with E-state index >= 15 is 0 Å². The standard InChI is InChI=1S/C18H24N2O6S/c1-26-15-7-6-13(11-16(15)27(24,25)20-8-2-3-9-20)17(21)19-14(18(22)23)10-12-4-5-12/h6-7,11-12,14H,2-5,8-10H2,1H3,(H,19,21)(H,22,23). The van der Waals surface area contributed by atoms with Gasteiger partial charge in [0.2, 0.25) is 10.0 Å². The second kappa shape index (κ2) is 7.85. The van der Waals surface area contributed by atoms with Gasteiger partial charge in [0.05, 0.1) is 7.11 Å². The molecule has 1 aromatic rings. The van der Waals surface area contributed by atoms with E-state index in [-0.39, 0.29) is 16.2 Å². The molecule has 0 radical (unpaired) electrons. The molecule has 9 heteroatoms. The van der Waals surface area contributed by atoms with Crippen LogP contribution in [0.5, 0.6) is 5.75 Å². The maximum Gasteiger partial charge on any atom is 0.326 e. The van der Waals surface area contributed by atoms with Crippen molar-refractivity contribution in [2.24, 2.45) is 5.92 Å². The van der Waals surface area contributed by atoms with Gasteiger partial charge < -0.3 is 15.2 Å². The largest absolute Gasteiger partial charge is 0.495 e. The molecular weight excluding hydrogens is 372 g/mol. The van der Waals surface area contributed by atoms with Crippen molar-refractivity contribution in [2.75, 3.05) is 20.2 Å². The Hall–Kier alpha value is -2.13. The third-order valence-electron chi connectivity index (χ3n) is 4.98. The molecule has 2 N–H and O–H groups in total. The lowest BCUT2D eigenvalue weighted by Crippen LogP contribution is -2.41. The van der Waals surface area contributed by atoms with E-state index in [0.717, 1.165) is 25.7 Å². The molecule has 0 bridgehead atoms. The molecule has 1 aliphatic heterocycles. The van der Waals surface area contributed by atoms with Crippen LogP contribution in [0.1, 0.15) is 42.5 Å². The molecule has 3 rings (SSSR count). The second-order valence-electron chi connectivity index (χ2n) is 7.02. The number of amides is 1. The number of nitrogens with one attached hydrogen (secondary N) is 1. The third kappa shape index (κ3) is 4.41. The predicted molar refractivity (Wildman–Crippen MR) is 97.2 cm³/mol. The van der Waals surface area contributed by atoms with Crippen molar-refractivity contribution < 1.29 is 27.9 Å². The van der Waals surface area contributed by atoms with Gasteiger partial charge in [0.25, 0.3) is 5.91 Å². The molecule has 0 spiro atoms. The Morgan fingerprint density at radius 3 is 2.52 bits per heavy atom. The van der Waals surface area contributed by atoms with E-state index in [1.165, 1.54) is 29.6 Å². The van der Waals surface area contributed by atoms with Gasteiger partial charge in [-0.15, -0.1) is 0 Å². The highest BCUT2D eigenvalue weighted by Gasteiger charge is 2.32. The number of methoxy groups -OCH3 is 1. The quantitative estimate of drug-likeness (QED) is 0.688. The minimum atomic E-state index is -3.78.